The zero-order valence-corrected chi connectivity index (χ0v) is 10.6. The van der Waals surface area contributed by atoms with Gasteiger partial charge in [0.15, 0.2) is 0 Å². The Bertz CT molecular complexity index is 589. The van der Waals surface area contributed by atoms with Crippen molar-refractivity contribution in [1.29, 1.82) is 0 Å². The van der Waals surface area contributed by atoms with E-state index in [1.165, 1.54) is 0 Å². The zero-order chi connectivity index (χ0) is 11.7. The molecule has 0 atom stereocenters. The first kappa shape index (κ1) is 11.4. The molecule has 0 radical (unpaired) electrons. The third kappa shape index (κ3) is 1.79. The number of halogens is 1. The van der Waals surface area contributed by atoms with Crippen LogP contribution >= 0.6 is 15.9 Å². The lowest BCUT2D eigenvalue weighted by atomic mass is 10.1. The Morgan fingerprint density at radius 3 is 2.88 bits per heavy atom. The van der Waals surface area contributed by atoms with E-state index in [0.29, 0.717) is 13.0 Å². The van der Waals surface area contributed by atoms with Crippen molar-refractivity contribution in [3.05, 3.63) is 44.7 Å². The number of aromatic nitrogens is 1. The van der Waals surface area contributed by atoms with E-state index in [1.807, 2.05) is 24.3 Å². The Morgan fingerprint density at radius 1 is 1.44 bits per heavy atom. The largest absolute Gasteiger partial charge is 0.330 e. The highest BCUT2D eigenvalue weighted by atomic mass is 79.9. The van der Waals surface area contributed by atoms with Crippen LogP contribution < -0.4 is 11.3 Å². The SMILES string of the molecule is Cn1c(=O)c(CCN)cc2cccc(Br)c21. The van der Waals surface area contributed by atoms with Gasteiger partial charge in [0.05, 0.1) is 5.52 Å². The second-order valence-electron chi connectivity index (χ2n) is 3.75. The number of nitrogens with zero attached hydrogens (tertiary/aromatic N) is 1. The van der Waals surface area contributed by atoms with Gasteiger partial charge in [0.2, 0.25) is 0 Å². The molecule has 1 aromatic carbocycles. The Kier molecular flexibility index (Phi) is 3.12. The average Bonchev–Trinajstić information content (AvgIpc) is 2.25. The monoisotopic (exact) mass is 280 g/mol. The lowest BCUT2D eigenvalue weighted by Crippen LogP contribution is -2.23. The summed E-state index contributed by atoms with van der Waals surface area (Å²) in [5.74, 6) is 0. The standard InChI is InChI=1S/C12H13BrN2O/c1-15-11-8(3-2-4-10(11)13)7-9(5-6-14)12(15)16/h2-4,7H,5-6,14H2,1H3. The van der Waals surface area contributed by atoms with E-state index in [-0.39, 0.29) is 5.56 Å². The molecule has 2 N–H and O–H groups in total. The van der Waals surface area contributed by atoms with Crippen molar-refractivity contribution < 1.29 is 0 Å². The summed E-state index contributed by atoms with van der Waals surface area (Å²) in [7, 11) is 1.79. The van der Waals surface area contributed by atoms with E-state index in [9.17, 15) is 4.79 Å². The van der Waals surface area contributed by atoms with Gasteiger partial charge in [0.1, 0.15) is 0 Å². The average molecular weight is 281 g/mol. The smallest absolute Gasteiger partial charge is 0.254 e. The molecule has 0 saturated carbocycles. The molecule has 1 aromatic heterocycles. The highest BCUT2D eigenvalue weighted by Gasteiger charge is 2.07. The quantitative estimate of drug-likeness (QED) is 0.912. The molecule has 0 unspecified atom stereocenters. The molecule has 0 amide bonds. The van der Waals surface area contributed by atoms with Crippen LogP contribution in [0, 0.1) is 0 Å². The highest BCUT2D eigenvalue weighted by Crippen LogP contribution is 2.22. The van der Waals surface area contributed by atoms with Crippen molar-refractivity contribution in [2.75, 3.05) is 6.54 Å². The van der Waals surface area contributed by atoms with Gasteiger partial charge in [0, 0.05) is 17.1 Å². The minimum atomic E-state index is 0.0323. The number of hydrogen-bond acceptors (Lipinski definition) is 2. The summed E-state index contributed by atoms with van der Waals surface area (Å²) < 4.78 is 2.61. The second kappa shape index (κ2) is 4.39. The maximum absolute atomic E-state index is 12.0. The Morgan fingerprint density at radius 2 is 2.19 bits per heavy atom. The number of nitrogens with two attached hydrogens (primary N) is 1. The van der Waals surface area contributed by atoms with Gasteiger partial charge < -0.3 is 10.3 Å². The van der Waals surface area contributed by atoms with Crippen molar-refractivity contribution in [2.45, 2.75) is 6.42 Å². The second-order valence-corrected chi connectivity index (χ2v) is 4.60. The summed E-state index contributed by atoms with van der Waals surface area (Å²) in [5, 5.41) is 1.06. The lowest BCUT2D eigenvalue weighted by Gasteiger charge is -2.09. The molecule has 0 bridgehead atoms. The van der Waals surface area contributed by atoms with Crippen LogP contribution in [-0.4, -0.2) is 11.1 Å². The number of rotatable bonds is 2. The summed E-state index contributed by atoms with van der Waals surface area (Å²) in [6.07, 6.45) is 0.620. The molecule has 2 rings (SSSR count). The molecule has 0 aliphatic heterocycles. The van der Waals surface area contributed by atoms with Crippen LogP contribution in [0.2, 0.25) is 0 Å². The number of pyridine rings is 1. The molecule has 16 heavy (non-hydrogen) atoms. The molecule has 0 saturated heterocycles. The molecular weight excluding hydrogens is 268 g/mol. The summed E-state index contributed by atoms with van der Waals surface area (Å²) in [6, 6.07) is 7.82. The lowest BCUT2D eigenvalue weighted by molar-refractivity contribution is 0.855. The fourth-order valence-corrected chi connectivity index (χ4v) is 2.55. The Balaban J connectivity index is 2.83. The number of benzene rings is 1. The zero-order valence-electron chi connectivity index (χ0n) is 9.03. The van der Waals surface area contributed by atoms with Gasteiger partial charge in [-0.2, -0.15) is 0 Å². The van der Waals surface area contributed by atoms with E-state index < -0.39 is 0 Å². The Hall–Kier alpha value is -1.13. The molecule has 0 spiro atoms. The first-order valence-electron chi connectivity index (χ1n) is 5.12. The minimum Gasteiger partial charge on any atom is -0.330 e. The van der Waals surface area contributed by atoms with Crippen LogP contribution in [0.1, 0.15) is 5.56 Å². The molecule has 0 aliphatic carbocycles. The van der Waals surface area contributed by atoms with Gasteiger partial charge in [0.25, 0.3) is 5.56 Å². The molecule has 2 aromatic rings. The number of aryl methyl sites for hydroxylation is 1. The van der Waals surface area contributed by atoms with Crippen LogP contribution in [0.25, 0.3) is 10.9 Å². The van der Waals surface area contributed by atoms with Crippen LogP contribution in [0.5, 0.6) is 0 Å². The maximum Gasteiger partial charge on any atom is 0.254 e. The first-order valence-corrected chi connectivity index (χ1v) is 5.91. The normalized spacial score (nSPS) is 10.9. The summed E-state index contributed by atoms with van der Waals surface area (Å²) >= 11 is 3.46. The van der Waals surface area contributed by atoms with Gasteiger partial charge in [-0.1, -0.05) is 12.1 Å². The number of fused-ring (bicyclic) bond motifs is 1. The van der Waals surface area contributed by atoms with E-state index in [4.69, 9.17) is 5.73 Å². The molecule has 1 heterocycles. The van der Waals surface area contributed by atoms with Crippen molar-refractivity contribution in [3.8, 4) is 0 Å². The molecular formula is C12H13BrN2O. The molecule has 0 aliphatic rings. The summed E-state index contributed by atoms with van der Waals surface area (Å²) in [4.78, 5) is 12.0. The Labute approximate surface area is 102 Å². The number of para-hydroxylation sites is 1. The minimum absolute atomic E-state index is 0.0323. The van der Waals surface area contributed by atoms with Crippen LogP contribution in [0.15, 0.2) is 33.5 Å². The summed E-state index contributed by atoms with van der Waals surface area (Å²) in [6.45, 7) is 0.495. The van der Waals surface area contributed by atoms with Gasteiger partial charge in [-0.05, 0) is 46.4 Å². The van der Waals surface area contributed by atoms with E-state index in [0.717, 1.165) is 20.9 Å². The third-order valence-corrected chi connectivity index (χ3v) is 3.32. The fourth-order valence-electron chi connectivity index (χ4n) is 1.90. The molecule has 0 fully saturated rings. The fraction of sp³-hybridized carbons (Fsp3) is 0.250. The van der Waals surface area contributed by atoms with Crippen LogP contribution in [0.3, 0.4) is 0 Å². The highest BCUT2D eigenvalue weighted by molar-refractivity contribution is 9.10. The van der Waals surface area contributed by atoms with Crippen LogP contribution in [-0.2, 0) is 13.5 Å². The predicted octanol–water partition coefficient (Wildman–Crippen LogP) is 1.80. The van der Waals surface area contributed by atoms with Gasteiger partial charge in [-0.3, -0.25) is 4.79 Å². The number of hydrogen-bond donors (Lipinski definition) is 1. The molecule has 84 valence electrons. The summed E-state index contributed by atoms with van der Waals surface area (Å²) in [5.41, 5.74) is 7.23. The first-order chi connectivity index (χ1) is 7.65. The van der Waals surface area contributed by atoms with Crippen LogP contribution in [0.4, 0.5) is 0 Å². The van der Waals surface area contributed by atoms with E-state index in [2.05, 4.69) is 15.9 Å². The van der Waals surface area contributed by atoms with Crippen molar-refractivity contribution >= 4 is 26.8 Å². The van der Waals surface area contributed by atoms with Crippen molar-refractivity contribution in [1.82, 2.24) is 4.57 Å². The predicted molar refractivity (Wildman–Crippen MR) is 69.6 cm³/mol. The molecule has 4 heteroatoms. The maximum atomic E-state index is 12.0. The van der Waals surface area contributed by atoms with E-state index >= 15 is 0 Å². The van der Waals surface area contributed by atoms with E-state index in [1.54, 1.807) is 11.6 Å². The van der Waals surface area contributed by atoms with Gasteiger partial charge >= 0.3 is 0 Å². The van der Waals surface area contributed by atoms with Gasteiger partial charge in [-0.25, -0.2) is 0 Å². The topological polar surface area (TPSA) is 48.0 Å². The van der Waals surface area contributed by atoms with Crippen molar-refractivity contribution in [2.24, 2.45) is 12.8 Å². The third-order valence-electron chi connectivity index (χ3n) is 2.68. The van der Waals surface area contributed by atoms with Gasteiger partial charge in [-0.15, -0.1) is 0 Å². The molecule has 3 nitrogen and oxygen atoms in total. The van der Waals surface area contributed by atoms with Crippen molar-refractivity contribution in [3.63, 3.8) is 0 Å².